The fraction of sp³-hybridized carbons (Fsp3) is 0.0435. The molecule has 3 amide bonds. The number of amides is 3. The number of carbonyl (C=O) groups excluding carboxylic acids is 2. The van der Waals surface area contributed by atoms with Crippen LogP contribution in [0.4, 0.5) is 10.5 Å². The van der Waals surface area contributed by atoms with Gasteiger partial charge in [0.25, 0.3) is 5.91 Å². The van der Waals surface area contributed by atoms with Crippen LogP contribution in [0.5, 0.6) is 5.75 Å². The van der Waals surface area contributed by atoms with Crippen molar-refractivity contribution in [1.29, 1.82) is 0 Å². The third-order valence-electron chi connectivity index (χ3n) is 4.45. The maximum absolute atomic E-state index is 12.7. The number of hydrogen-bond donors (Lipinski definition) is 1. The minimum Gasteiger partial charge on any atom is -0.488 e. The summed E-state index contributed by atoms with van der Waals surface area (Å²) in [5, 5.41) is 3.07. The van der Waals surface area contributed by atoms with Crippen molar-refractivity contribution in [3.63, 3.8) is 0 Å². The molecule has 0 saturated carbocycles. The van der Waals surface area contributed by atoms with Crippen LogP contribution in [0.1, 0.15) is 11.1 Å². The number of ether oxygens (including phenoxy) is 1. The molecule has 0 radical (unpaired) electrons. The summed E-state index contributed by atoms with van der Waals surface area (Å²) in [5.74, 6) is 0.325. The van der Waals surface area contributed by atoms with Gasteiger partial charge in [-0.2, -0.15) is 0 Å². The number of carbonyl (C=O) groups is 2. The van der Waals surface area contributed by atoms with Crippen molar-refractivity contribution >= 4 is 57.9 Å². The zero-order chi connectivity index (χ0) is 21.1. The molecule has 1 saturated heterocycles. The Labute approximate surface area is 192 Å². The van der Waals surface area contributed by atoms with Crippen molar-refractivity contribution in [3.05, 3.63) is 98.2 Å². The third-order valence-corrected chi connectivity index (χ3v) is 5.53. The summed E-state index contributed by atoms with van der Waals surface area (Å²) in [6.45, 7) is 0.473. The summed E-state index contributed by atoms with van der Waals surface area (Å²) in [4.78, 5) is 26.1. The third kappa shape index (κ3) is 4.49. The van der Waals surface area contributed by atoms with E-state index in [4.69, 9.17) is 16.3 Å². The molecule has 3 aromatic carbocycles. The monoisotopic (exact) mass is 530 g/mol. The summed E-state index contributed by atoms with van der Waals surface area (Å²) < 4.78 is 6.79. The second kappa shape index (κ2) is 8.89. The topological polar surface area (TPSA) is 58.6 Å². The van der Waals surface area contributed by atoms with Crippen LogP contribution in [0.15, 0.2) is 78.5 Å². The van der Waals surface area contributed by atoms with E-state index >= 15 is 0 Å². The Morgan fingerprint density at radius 2 is 1.80 bits per heavy atom. The largest absolute Gasteiger partial charge is 0.488 e. The summed E-state index contributed by atoms with van der Waals surface area (Å²) in [6, 6.07) is 21.6. The van der Waals surface area contributed by atoms with E-state index in [1.807, 2.05) is 48.5 Å². The van der Waals surface area contributed by atoms with E-state index in [2.05, 4.69) is 27.9 Å². The summed E-state index contributed by atoms with van der Waals surface area (Å²) >= 11 is 8.17. The van der Waals surface area contributed by atoms with E-state index in [-0.39, 0.29) is 5.70 Å². The Kier molecular flexibility index (Phi) is 6.06. The molecule has 30 heavy (non-hydrogen) atoms. The number of imide groups is 1. The molecule has 1 aliphatic heterocycles. The molecule has 4 rings (SSSR count). The van der Waals surface area contributed by atoms with Crippen LogP contribution in [0.2, 0.25) is 5.02 Å². The van der Waals surface area contributed by atoms with Gasteiger partial charge in [-0.1, -0.05) is 54.1 Å². The average molecular weight is 531 g/mol. The highest BCUT2D eigenvalue weighted by Crippen LogP contribution is 2.27. The minimum atomic E-state index is -0.508. The first-order valence-electron chi connectivity index (χ1n) is 9.10. The second-order valence-corrected chi connectivity index (χ2v) is 8.17. The van der Waals surface area contributed by atoms with E-state index in [0.29, 0.717) is 17.3 Å². The standard InChI is InChI=1S/C23H16ClIN2O3/c24-17-7-4-8-18(13-17)27-22(28)20(26-23(27)29)12-16-9-10-21(19(25)11-16)30-14-15-5-2-1-3-6-15/h1-13H,14H2,(H,26,29)/b20-12+. The van der Waals surface area contributed by atoms with Gasteiger partial charge in [0.15, 0.2) is 0 Å². The molecule has 3 aromatic rings. The smallest absolute Gasteiger partial charge is 0.333 e. The highest BCUT2D eigenvalue weighted by molar-refractivity contribution is 14.1. The van der Waals surface area contributed by atoms with Gasteiger partial charge >= 0.3 is 6.03 Å². The Morgan fingerprint density at radius 1 is 1.00 bits per heavy atom. The van der Waals surface area contributed by atoms with E-state index in [0.717, 1.165) is 25.3 Å². The first kappa shape index (κ1) is 20.4. The number of rotatable bonds is 5. The number of nitrogens with one attached hydrogen (secondary N) is 1. The number of nitrogens with zero attached hydrogens (tertiary/aromatic N) is 1. The molecule has 150 valence electrons. The molecule has 0 unspecified atom stereocenters. The zero-order valence-electron chi connectivity index (χ0n) is 15.6. The predicted molar refractivity (Wildman–Crippen MR) is 125 cm³/mol. The maximum atomic E-state index is 12.7. The molecule has 1 N–H and O–H groups in total. The number of halogens is 2. The Morgan fingerprint density at radius 3 is 2.53 bits per heavy atom. The molecule has 5 nitrogen and oxygen atoms in total. The molecular weight excluding hydrogens is 515 g/mol. The number of anilines is 1. The van der Waals surface area contributed by atoms with Gasteiger partial charge in [0.2, 0.25) is 0 Å². The van der Waals surface area contributed by atoms with Crippen LogP contribution in [0.25, 0.3) is 6.08 Å². The SMILES string of the molecule is O=C1N/C(=C/c2ccc(OCc3ccccc3)c(I)c2)C(=O)N1c1cccc(Cl)c1. The van der Waals surface area contributed by atoms with Crippen molar-refractivity contribution in [1.82, 2.24) is 5.32 Å². The number of benzene rings is 3. The van der Waals surface area contributed by atoms with E-state index in [9.17, 15) is 9.59 Å². The van der Waals surface area contributed by atoms with Crippen molar-refractivity contribution in [2.45, 2.75) is 6.61 Å². The first-order valence-corrected chi connectivity index (χ1v) is 10.6. The van der Waals surface area contributed by atoms with Crippen molar-refractivity contribution in [3.8, 4) is 5.75 Å². The van der Waals surface area contributed by atoms with E-state index in [1.54, 1.807) is 30.3 Å². The first-order chi connectivity index (χ1) is 14.5. The van der Waals surface area contributed by atoms with Crippen molar-refractivity contribution in [2.24, 2.45) is 0 Å². The van der Waals surface area contributed by atoms with Gasteiger partial charge in [-0.05, 0) is 70.1 Å². The van der Waals surface area contributed by atoms with Crippen LogP contribution < -0.4 is 15.0 Å². The molecule has 1 fully saturated rings. The Balaban J connectivity index is 1.51. The van der Waals surface area contributed by atoms with Crippen molar-refractivity contribution in [2.75, 3.05) is 4.90 Å². The molecule has 0 atom stereocenters. The Bertz CT molecular complexity index is 1150. The van der Waals surface area contributed by atoms with Gasteiger partial charge in [-0.25, -0.2) is 9.69 Å². The van der Waals surface area contributed by atoms with E-state index in [1.165, 1.54) is 0 Å². The summed E-state index contributed by atoms with van der Waals surface area (Å²) in [7, 11) is 0. The Hall–Kier alpha value is -2.84. The van der Waals surface area contributed by atoms with Gasteiger partial charge in [0.05, 0.1) is 9.26 Å². The number of urea groups is 1. The highest BCUT2D eigenvalue weighted by Gasteiger charge is 2.34. The van der Waals surface area contributed by atoms with E-state index < -0.39 is 11.9 Å². The minimum absolute atomic E-state index is 0.203. The second-order valence-electron chi connectivity index (χ2n) is 6.57. The lowest BCUT2D eigenvalue weighted by Gasteiger charge is -2.11. The van der Waals surface area contributed by atoms with Crippen LogP contribution in [-0.4, -0.2) is 11.9 Å². The molecule has 0 bridgehead atoms. The molecule has 1 aliphatic rings. The fourth-order valence-electron chi connectivity index (χ4n) is 3.01. The zero-order valence-corrected chi connectivity index (χ0v) is 18.6. The molecule has 1 heterocycles. The maximum Gasteiger partial charge on any atom is 0.333 e. The van der Waals surface area contributed by atoms with Gasteiger partial charge in [0.1, 0.15) is 18.1 Å². The lowest BCUT2D eigenvalue weighted by molar-refractivity contribution is -0.113. The average Bonchev–Trinajstić information content (AvgIpc) is 3.01. The lowest BCUT2D eigenvalue weighted by atomic mass is 10.2. The van der Waals surface area contributed by atoms with Gasteiger partial charge < -0.3 is 10.1 Å². The quantitative estimate of drug-likeness (QED) is 0.265. The molecular formula is C23H16ClIN2O3. The van der Waals surface area contributed by atoms with Crippen molar-refractivity contribution < 1.29 is 14.3 Å². The molecule has 0 aromatic heterocycles. The number of hydrogen-bond acceptors (Lipinski definition) is 3. The molecule has 0 aliphatic carbocycles. The summed E-state index contributed by atoms with van der Waals surface area (Å²) in [5.41, 5.74) is 2.49. The normalized spacial score (nSPS) is 14.9. The van der Waals surface area contributed by atoms with Crippen LogP contribution in [0, 0.1) is 3.57 Å². The molecule has 7 heteroatoms. The highest BCUT2D eigenvalue weighted by atomic mass is 127. The molecule has 0 spiro atoms. The van der Waals surface area contributed by atoms with Gasteiger partial charge in [0, 0.05) is 5.02 Å². The van der Waals surface area contributed by atoms with Crippen LogP contribution in [-0.2, 0) is 11.4 Å². The summed E-state index contributed by atoms with van der Waals surface area (Å²) in [6.07, 6.45) is 1.65. The van der Waals surface area contributed by atoms with Gasteiger partial charge in [-0.3, -0.25) is 4.79 Å². The van der Waals surface area contributed by atoms with Crippen LogP contribution >= 0.6 is 34.2 Å². The lowest BCUT2D eigenvalue weighted by Crippen LogP contribution is -2.30. The van der Waals surface area contributed by atoms with Crippen LogP contribution in [0.3, 0.4) is 0 Å². The fourth-order valence-corrected chi connectivity index (χ4v) is 3.89. The van der Waals surface area contributed by atoms with Gasteiger partial charge in [-0.15, -0.1) is 0 Å². The predicted octanol–water partition coefficient (Wildman–Crippen LogP) is 5.62.